The number of amides is 2. The number of aliphatic hydroxyl groups excluding tert-OH is 1. The number of aliphatic hydroxyl groups is 1. The number of para-hydroxylation sites is 1. The van der Waals surface area contributed by atoms with Crippen LogP contribution in [-0.2, 0) is 16.0 Å². The smallest absolute Gasteiger partial charge is 0.249 e. The fraction of sp³-hybridized carbons (Fsp3) is 0.389. The van der Waals surface area contributed by atoms with Crippen molar-refractivity contribution in [1.82, 2.24) is 10.3 Å². The molecule has 0 aliphatic heterocycles. The largest absolute Gasteiger partial charge is 0.383 e. The number of carbonyl (C=O) groups is 2. The Kier molecular flexibility index (Phi) is 5.87. The van der Waals surface area contributed by atoms with E-state index in [4.69, 9.17) is 5.73 Å². The summed E-state index contributed by atoms with van der Waals surface area (Å²) >= 11 is 0. The molecule has 2 atom stereocenters. The van der Waals surface area contributed by atoms with E-state index in [0.29, 0.717) is 12.1 Å². The number of fused-ring (bicyclic) bond motifs is 1. The van der Waals surface area contributed by atoms with Gasteiger partial charge < -0.3 is 16.2 Å². The van der Waals surface area contributed by atoms with Crippen LogP contribution < -0.4 is 11.1 Å². The molecule has 0 unspecified atom stereocenters. The molecular weight excluding hydrogens is 306 g/mol. The van der Waals surface area contributed by atoms with E-state index < -0.39 is 24.0 Å². The van der Waals surface area contributed by atoms with Crippen LogP contribution in [0.3, 0.4) is 0 Å². The van der Waals surface area contributed by atoms with E-state index in [1.165, 1.54) is 0 Å². The summed E-state index contributed by atoms with van der Waals surface area (Å²) in [5.41, 5.74) is 6.84. The van der Waals surface area contributed by atoms with Gasteiger partial charge in [-0.1, -0.05) is 38.1 Å². The van der Waals surface area contributed by atoms with Gasteiger partial charge in [-0.2, -0.15) is 0 Å². The Balaban J connectivity index is 2.09. The van der Waals surface area contributed by atoms with Crippen LogP contribution in [0.1, 0.15) is 26.0 Å². The zero-order valence-electron chi connectivity index (χ0n) is 13.9. The van der Waals surface area contributed by atoms with Crippen molar-refractivity contribution in [3.05, 3.63) is 42.1 Å². The summed E-state index contributed by atoms with van der Waals surface area (Å²) in [7, 11) is 0. The summed E-state index contributed by atoms with van der Waals surface area (Å²) < 4.78 is 0. The maximum Gasteiger partial charge on any atom is 0.249 e. The third-order valence-corrected chi connectivity index (χ3v) is 3.73. The van der Waals surface area contributed by atoms with Crippen molar-refractivity contribution in [2.24, 2.45) is 11.7 Å². The summed E-state index contributed by atoms with van der Waals surface area (Å²) in [6.45, 7) is 3.81. The monoisotopic (exact) mass is 329 g/mol. The van der Waals surface area contributed by atoms with Crippen molar-refractivity contribution in [2.75, 3.05) is 0 Å². The van der Waals surface area contributed by atoms with Crippen LogP contribution in [0, 0.1) is 5.92 Å². The molecule has 0 saturated heterocycles. The van der Waals surface area contributed by atoms with Crippen LogP contribution in [0.15, 0.2) is 36.4 Å². The van der Waals surface area contributed by atoms with Gasteiger partial charge in [-0.15, -0.1) is 0 Å². The Morgan fingerprint density at radius 3 is 2.58 bits per heavy atom. The molecule has 1 heterocycles. The molecule has 128 valence electrons. The first-order chi connectivity index (χ1) is 11.4. The number of aromatic nitrogens is 1. The lowest BCUT2D eigenvalue weighted by Gasteiger charge is -2.19. The third kappa shape index (κ3) is 4.76. The van der Waals surface area contributed by atoms with Crippen molar-refractivity contribution < 1.29 is 14.7 Å². The maximum atomic E-state index is 12.0. The maximum absolute atomic E-state index is 12.0. The van der Waals surface area contributed by atoms with E-state index in [9.17, 15) is 14.7 Å². The van der Waals surface area contributed by atoms with Crippen molar-refractivity contribution in [3.63, 3.8) is 0 Å². The number of hydrogen-bond donors (Lipinski definition) is 3. The zero-order valence-corrected chi connectivity index (χ0v) is 13.9. The van der Waals surface area contributed by atoms with Crippen LogP contribution in [0.4, 0.5) is 0 Å². The van der Waals surface area contributed by atoms with E-state index in [1.807, 2.05) is 44.2 Å². The highest BCUT2D eigenvalue weighted by atomic mass is 16.3. The molecule has 0 spiro atoms. The second-order valence-corrected chi connectivity index (χ2v) is 6.31. The van der Waals surface area contributed by atoms with Crippen molar-refractivity contribution in [2.45, 2.75) is 38.8 Å². The Hall–Kier alpha value is -2.47. The second-order valence-electron chi connectivity index (χ2n) is 6.31. The van der Waals surface area contributed by atoms with E-state index in [-0.39, 0.29) is 12.3 Å². The minimum Gasteiger partial charge on any atom is -0.383 e. The average Bonchev–Trinajstić information content (AvgIpc) is 2.53. The van der Waals surface area contributed by atoms with Crippen LogP contribution >= 0.6 is 0 Å². The van der Waals surface area contributed by atoms with Gasteiger partial charge in [0, 0.05) is 17.5 Å². The first-order valence-corrected chi connectivity index (χ1v) is 7.99. The van der Waals surface area contributed by atoms with Crippen LogP contribution in [0.2, 0.25) is 0 Å². The quantitative estimate of drug-likeness (QED) is 0.708. The lowest BCUT2D eigenvalue weighted by atomic mass is 10.0. The predicted octanol–water partition coefficient (Wildman–Crippen LogP) is 1.15. The topological polar surface area (TPSA) is 105 Å². The van der Waals surface area contributed by atoms with E-state index in [1.54, 1.807) is 6.07 Å². The number of carbonyl (C=O) groups excluding carboxylic acids is 2. The number of nitrogens with one attached hydrogen (secondary N) is 1. The number of nitrogens with two attached hydrogens (primary N) is 1. The van der Waals surface area contributed by atoms with Gasteiger partial charge in [-0.25, -0.2) is 0 Å². The fourth-order valence-electron chi connectivity index (χ4n) is 2.48. The summed E-state index contributed by atoms with van der Waals surface area (Å²) in [6, 6.07) is 10.4. The Labute approximate surface area is 141 Å². The molecule has 0 bridgehead atoms. The lowest BCUT2D eigenvalue weighted by molar-refractivity contribution is -0.133. The Morgan fingerprint density at radius 2 is 1.92 bits per heavy atom. The number of rotatable bonds is 7. The van der Waals surface area contributed by atoms with E-state index in [2.05, 4.69) is 10.3 Å². The van der Waals surface area contributed by atoms with Crippen LogP contribution in [0.25, 0.3) is 10.9 Å². The van der Waals surface area contributed by atoms with Gasteiger partial charge in [0.25, 0.3) is 0 Å². The van der Waals surface area contributed by atoms with Gasteiger partial charge in [-0.3, -0.25) is 14.6 Å². The second kappa shape index (κ2) is 7.88. The molecule has 0 saturated carbocycles. The first-order valence-electron chi connectivity index (χ1n) is 7.99. The molecule has 6 heteroatoms. The van der Waals surface area contributed by atoms with Gasteiger partial charge in [0.05, 0.1) is 5.52 Å². The predicted molar refractivity (Wildman–Crippen MR) is 92.0 cm³/mol. The number of primary amides is 1. The highest BCUT2D eigenvalue weighted by Gasteiger charge is 2.24. The van der Waals surface area contributed by atoms with E-state index >= 15 is 0 Å². The molecule has 1 aromatic heterocycles. The first kappa shape index (κ1) is 17.9. The number of nitrogens with zero attached hydrogens (tertiary/aromatic N) is 1. The van der Waals surface area contributed by atoms with Crippen molar-refractivity contribution in [3.8, 4) is 0 Å². The van der Waals surface area contributed by atoms with Crippen molar-refractivity contribution in [1.29, 1.82) is 0 Å². The molecule has 1 aromatic carbocycles. The Morgan fingerprint density at radius 1 is 1.21 bits per heavy atom. The molecule has 0 aliphatic rings. The number of pyridine rings is 1. The molecule has 24 heavy (non-hydrogen) atoms. The minimum atomic E-state index is -1.16. The summed E-state index contributed by atoms with van der Waals surface area (Å²) in [5.74, 6) is -1.08. The molecule has 0 aliphatic carbocycles. The van der Waals surface area contributed by atoms with Crippen LogP contribution in [-0.4, -0.2) is 34.1 Å². The van der Waals surface area contributed by atoms with Crippen molar-refractivity contribution >= 4 is 22.7 Å². The summed E-state index contributed by atoms with van der Waals surface area (Å²) in [5, 5.41) is 13.4. The molecule has 6 nitrogen and oxygen atoms in total. The minimum absolute atomic E-state index is 0.167. The average molecular weight is 329 g/mol. The Bertz CT molecular complexity index is 730. The molecule has 2 aromatic rings. The number of hydrogen-bond acceptors (Lipinski definition) is 4. The summed E-state index contributed by atoms with van der Waals surface area (Å²) in [6.07, 6.45) is -0.650. The molecule has 4 N–H and O–H groups in total. The summed E-state index contributed by atoms with van der Waals surface area (Å²) in [4.78, 5) is 28.1. The van der Waals surface area contributed by atoms with Gasteiger partial charge in [0.1, 0.15) is 12.1 Å². The molecule has 0 radical (unpaired) electrons. The standard InChI is InChI=1S/C18H23N3O3/c1-11(2)9-16(22)18(24)21-15(17(19)23)10-13-8-7-12-5-3-4-6-14(12)20-13/h3-8,11,15-16,22H,9-10H2,1-2H3,(H2,19,23)(H,21,24)/t15-,16+/m1/s1. The SMILES string of the molecule is CC(C)C[C@H](O)C(=O)N[C@H](Cc1ccc2ccccc2n1)C(N)=O. The highest BCUT2D eigenvalue weighted by Crippen LogP contribution is 2.13. The van der Waals surface area contributed by atoms with E-state index in [0.717, 1.165) is 10.9 Å². The molecule has 2 rings (SSSR count). The normalized spacial score (nSPS) is 13.7. The van der Waals surface area contributed by atoms with Gasteiger partial charge in [0.15, 0.2) is 0 Å². The zero-order chi connectivity index (χ0) is 17.7. The fourth-order valence-corrected chi connectivity index (χ4v) is 2.48. The lowest BCUT2D eigenvalue weighted by Crippen LogP contribution is -2.49. The molecule has 2 amide bonds. The number of benzene rings is 1. The van der Waals surface area contributed by atoms with Gasteiger partial charge in [-0.05, 0) is 24.5 Å². The van der Waals surface area contributed by atoms with Gasteiger partial charge >= 0.3 is 0 Å². The third-order valence-electron chi connectivity index (χ3n) is 3.73. The van der Waals surface area contributed by atoms with Gasteiger partial charge in [0.2, 0.25) is 11.8 Å². The molecule has 0 fully saturated rings. The van der Waals surface area contributed by atoms with Crippen LogP contribution in [0.5, 0.6) is 0 Å². The highest BCUT2D eigenvalue weighted by molar-refractivity contribution is 5.88. The molecular formula is C18H23N3O3.